The van der Waals surface area contributed by atoms with Gasteiger partial charge in [-0.25, -0.2) is 0 Å². The molecule has 1 unspecified atom stereocenters. The fraction of sp³-hybridized carbons (Fsp3) is 0.681. The second kappa shape index (κ2) is 65.3. The van der Waals surface area contributed by atoms with Crippen LogP contribution in [-0.4, -0.2) is 37.2 Å². The highest BCUT2D eigenvalue weighted by Crippen LogP contribution is 2.16. The number of carbonyl (C=O) groups excluding carboxylic acids is 3. The number of ether oxygens (including phenoxy) is 3. The van der Waals surface area contributed by atoms with Gasteiger partial charge in [-0.1, -0.05) is 290 Å². The van der Waals surface area contributed by atoms with E-state index in [-0.39, 0.29) is 31.1 Å². The van der Waals surface area contributed by atoms with Crippen LogP contribution in [0.2, 0.25) is 0 Å². The molecule has 0 saturated heterocycles. The third kappa shape index (κ3) is 62.7. The molecule has 6 heteroatoms. The van der Waals surface area contributed by atoms with E-state index in [9.17, 15) is 14.4 Å². The number of rotatable bonds is 58. The van der Waals surface area contributed by atoms with E-state index in [4.69, 9.17) is 14.2 Å². The number of allylic oxidation sites excluding steroid dienone is 20. The first-order valence-corrected chi connectivity index (χ1v) is 32.5. The Kier molecular flexibility index (Phi) is 61.8. The van der Waals surface area contributed by atoms with E-state index in [0.717, 1.165) is 135 Å². The van der Waals surface area contributed by atoms with Crippen molar-refractivity contribution in [2.24, 2.45) is 0 Å². The molecule has 0 fully saturated rings. The zero-order chi connectivity index (χ0) is 56.4. The average Bonchev–Trinajstić information content (AvgIpc) is 3.44. The maximum absolute atomic E-state index is 12.9. The van der Waals surface area contributed by atoms with Gasteiger partial charge in [0, 0.05) is 19.3 Å². The van der Waals surface area contributed by atoms with Crippen LogP contribution in [0.15, 0.2) is 122 Å². The number of hydrogen-bond acceptors (Lipinski definition) is 6. The quantitative estimate of drug-likeness (QED) is 0.0261. The van der Waals surface area contributed by atoms with Crippen molar-refractivity contribution in [2.75, 3.05) is 13.2 Å². The van der Waals surface area contributed by atoms with Crippen LogP contribution >= 0.6 is 0 Å². The van der Waals surface area contributed by atoms with Gasteiger partial charge < -0.3 is 14.2 Å². The number of hydrogen-bond donors (Lipinski definition) is 0. The van der Waals surface area contributed by atoms with Crippen molar-refractivity contribution in [3.63, 3.8) is 0 Å². The van der Waals surface area contributed by atoms with Crippen LogP contribution in [0, 0.1) is 0 Å². The van der Waals surface area contributed by atoms with Crippen molar-refractivity contribution >= 4 is 17.9 Å². The Bertz CT molecular complexity index is 1620. The molecular formula is C72H120O6. The first-order valence-electron chi connectivity index (χ1n) is 32.5. The van der Waals surface area contributed by atoms with E-state index in [2.05, 4.69) is 142 Å². The van der Waals surface area contributed by atoms with Crippen molar-refractivity contribution < 1.29 is 28.6 Å². The van der Waals surface area contributed by atoms with E-state index in [1.54, 1.807) is 0 Å². The normalized spacial score (nSPS) is 12.9. The molecule has 0 rings (SSSR count). The molecule has 0 amide bonds. The van der Waals surface area contributed by atoms with Crippen LogP contribution in [0.25, 0.3) is 0 Å². The minimum absolute atomic E-state index is 0.100. The van der Waals surface area contributed by atoms with Gasteiger partial charge in [-0.2, -0.15) is 0 Å². The summed E-state index contributed by atoms with van der Waals surface area (Å²) in [5.41, 5.74) is 0. The van der Waals surface area contributed by atoms with Gasteiger partial charge >= 0.3 is 17.9 Å². The van der Waals surface area contributed by atoms with Crippen molar-refractivity contribution in [1.82, 2.24) is 0 Å². The summed E-state index contributed by atoms with van der Waals surface area (Å²) in [5.74, 6) is -0.948. The summed E-state index contributed by atoms with van der Waals surface area (Å²) in [6.45, 7) is 6.39. The average molecular weight is 1080 g/mol. The largest absolute Gasteiger partial charge is 0.462 e. The van der Waals surface area contributed by atoms with Gasteiger partial charge in [-0.15, -0.1) is 0 Å². The van der Waals surface area contributed by atoms with Crippen LogP contribution in [0.5, 0.6) is 0 Å². The van der Waals surface area contributed by atoms with E-state index in [0.29, 0.717) is 19.3 Å². The van der Waals surface area contributed by atoms with Crippen LogP contribution in [0.3, 0.4) is 0 Å². The lowest BCUT2D eigenvalue weighted by Gasteiger charge is -2.18. The van der Waals surface area contributed by atoms with Gasteiger partial charge in [0.2, 0.25) is 0 Å². The summed E-state index contributed by atoms with van der Waals surface area (Å²) in [7, 11) is 0. The maximum atomic E-state index is 12.9. The molecule has 0 saturated carbocycles. The summed E-state index contributed by atoms with van der Waals surface area (Å²) in [4.78, 5) is 38.4. The van der Waals surface area contributed by atoms with Crippen molar-refractivity contribution in [1.29, 1.82) is 0 Å². The highest BCUT2D eigenvalue weighted by Gasteiger charge is 2.19. The minimum Gasteiger partial charge on any atom is -0.462 e. The van der Waals surface area contributed by atoms with Gasteiger partial charge in [0.15, 0.2) is 6.10 Å². The van der Waals surface area contributed by atoms with E-state index in [1.807, 2.05) is 0 Å². The summed E-state index contributed by atoms with van der Waals surface area (Å²) in [6, 6.07) is 0. The predicted octanol–water partition coefficient (Wildman–Crippen LogP) is 22.4. The molecule has 1 atom stereocenters. The van der Waals surface area contributed by atoms with Crippen LogP contribution in [-0.2, 0) is 28.6 Å². The Morgan fingerprint density at radius 2 is 0.500 bits per heavy atom. The SMILES string of the molecule is CC/C=C\C/C=C\C/C=C\C/C=C\C/C=C\C/C=C\CCCCC(=O)OCC(COC(=O)CCCCCCCC/C=C\C/C=C\C/C=C\C/C=C\CC)OC(=O)CCCCCCCCCCCCCCCCCCCCCC. The minimum atomic E-state index is -0.806. The first kappa shape index (κ1) is 73.8. The van der Waals surface area contributed by atoms with Gasteiger partial charge in [-0.3, -0.25) is 14.4 Å². The topological polar surface area (TPSA) is 78.9 Å². The second-order valence-corrected chi connectivity index (χ2v) is 21.3. The van der Waals surface area contributed by atoms with E-state index < -0.39 is 6.10 Å². The molecule has 444 valence electrons. The second-order valence-electron chi connectivity index (χ2n) is 21.3. The molecule has 78 heavy (non-hydrogen) atoms. The Hall–Kier alpha value is -4.19. The third-order valence-electron chi connectivity index (χ3n) is 13.7. The molecule has 0 aliphatic carbocycles. The van der Waals surface area contributed by atoms with Crippen LogP contribution in [0.1, 0.15) is 297 Å². The summed E-state index contributed by atoms with van der Waals surface area (Å²) in [6.07, 6.45) is 90.6. The summed E-state index contributed by atoms with van der Waals surface area (Å²) >= 11 is 0. The Balaban J connectivity index is 4.48. The van der Waals surface area contributed by atoms with Crippen LogP contribution < -0.4 is 0 Å². The Morgan fingerprint density at radius 3 is 0.808 bits per heavy atom. The zero-order valence-corrected chi connectivity index (χ0v) is 50.9. The number of carbonyl (C=O) groups is 3. The van der Waals surface area contributed by atoms with Gasteiger partial charge in [0.25, 0.3) is 0 Å². The molecule has 0 aromatic rings. The molecule has 0 N–H and O–H groups in total. The Morgan fingerprint density at radius 1 is 0.269 bits per heavy atom. The monoisotopic (exact) mass is 1080 g/mol. The molecule has 0 aliphatic heterocycles. The molecule has 0 spiro atoms. The fourth-order valence-corrected chi connectivity index (χ4v) is 8.91. The highest BCUT2D eigenvalue weighted by molar-refractivity contribution is 5.71. The van der Waals surface area contributed by atoms with Gasteiger partial charge in [0.05, 0.1) is 0 Å². The van der Waals surface area contributed by atoms with Crippen molar-refractivity contribution in [3.8, 4) is 0 Å². The fourth-order valence-electron chi connectivity index (χ4n) is 8.91. The van der Waals surface area contributed by atoms with Crippen LogP contribution in [0.4, 0.5) is 0 Å². The van der Waals surface area contributed by atoms with Gasteiger partial charge in [0.1, 0.15) is 13.2 Å². The molecule has 0 aliphatic rings. The number of esters is 3. The summed E-state index contributed by atoms with van der Waals surface area (Å²) in [5, 5.41) is 0. The smallest absolute Gasteiger partial charge is 0.306 e. The number of unbranched alkanes of at least 4 members (excludes halogenated alkanes) is 27. The zero-order valence-electron chi connectivity index (χ0n) is 50.9. The lowest BCUT2D eigenvalue weighted by atomic mass is 10.0. The maximum Gasteiger partial charge on any atom is 0.306 e. The molecule has 0 radical (unpaired) electrons. The van der Waals surface area contributed by atoms with Gasteiger partial charge in [-0.05, 0) is 109 Å². The highest BCUT2D eigenvalue weighted by atomic mass is 16.6. The molecule has 6 nitrogen and oxygen atoms in total. The lowest BCUT2D eigenvalue weighted by Crippen LogP contribution is -2.30. The van der Waals surface area contributed by atoms with E-state index in [1.165, 1.54) is 122 Å². The molecule has 0 bridgehead atoms. The lowest BCUT2D eigenvalue weighted by molar-refractivity contribution is -0.167. The molecule has 0 aromatic heterocycles. The molecular weight excluding hydrogens is 961 g/mol. The summed E-state index contributed by atoms with van der Waals surface area (Å²) < 4.78 is 16.9. The van der Waals surface area contributed by atoms with E-state index >= 15 is 0 Å². The van der Waals surface area contributed by atoms with Crippen molar-refractivity contribution in [2.45, 2.75) is 303 Å². The predicted molar refractivity (Wildman–Crippen MR) is 339 cm³/mol. The van der Waals surface area contributed by atoms with Crippen molar-refractivity contribution in [3.05, 3.63) is 122 Å². The first-order chi connectivity index (χ1) is 38.5. The Labute approximate surface area is 482 Å². The standard InChI is InChI=1S/C72H120O6/c1-4-7-10-13-16-19-22-25-28-31-34-36-39-41-44-47-50-53-56-59-62-65-71(74)77-68-69(67-76-70(73)64-61-58-55-52-49-46-43-40-37-33-30-27-24-21-18-15-12-9-6-3)78-72(75)66-63-60-57-54-51-48-45-42-38-35-32-29-26-23-20-17-14-11-8-5-2/h7,9-10,12,16,18-19,21,25,27-28,30,34,36-37,40-41,44,50,53,69H,4-6,8,11,13-15,17,20,22-24,26,29,31-33,35,38-39,42-43,45-49,51-52,54-68H2,1-3H3/b10-7-,12-9-,19-16-,21-18-,28-25-,30-27-,36-34-,40-37-,44-41-,53-50-. The molecule has 0 aromatic carbocycles. The molecule has 0 heterocycles. The third-order valence-corrected chi connectivity index (χ3v) is 13.7.